The Balaban J connectivity index is 3.41. The summed E-state index contributed by atoms with van der Waals surface area (Å²) >= 11 is 3.15. The van der Waals surface area contributed by atoms with Crippen molar-refractivity contribution in [3.63, 3.8) is 0 Å². The minimum Gasteiger partial charge on any atom is -0.494 e. The van der Waals surface area contributed by atoms with Crippen LogP contribution in [-0.2, 0) is 9.47 Å². The maximum atomic E-state index is 13.8. The monoisotopic (exact) mass is 419 g/mol. The van der Waals surface area contributed by atoms with Gasteiger partial charge in [0.15, 0.2) is 11.6 Å². The normalized spacial score (nSPS) is 11.7. The summed E-state index contributed by atoms with van der Waals surface area (Å²) in [7, 11) is 1.28. The van der Waals surface area contributed by atoms with Crippen LogP contribution in [0.3, 0.4) is 0 Å². The molecule has 0 atom stereocenters. The molecule has 8 heteroatoms. The summed E-state index contributed by atoms with van der Waals surface area (Å²) < 4.78 is 29.5. The third-order valence-corrected chi connectivity index (χ3v) is 3.25. The van der Waals surface area contributed by atoms with Crippen molar-refractivity contribution < 1.29 is 28.2 Å². The second-order valence-electron chi connectivity index (χ2n) is 7.23. The highest BCUT2D eigenvalue weighted by molar-refractivity contribution is 9.10. The molecule has 0 aliphatic heterocycles. The number of rotatable bonds is 2. The highest BCUT2D eigenvalue weighted by Crippen LogP contribution is 2.34. The molecule has 0 spiro atoms. The lowest BCUT2D eigenvalue weighted by Gasteiger charge is -2.29. The number of methoxy groups -OCH3 is 1. The zero-order valence-electron chi connectivity index (χ0n) is 15.4. The molecule has 0 aromatic heterocycles. The molecule has 0 fully saturated rings. The summed E-state index contributed by atoms with van der Waals surface area (Å²) in [5, 5.41) is 0. The molecule has 0 saturated carbocycles. The molecule has 1 aromatic carbocycles. The fourth-order valence-corrected chi connectivity index (χ4v) is 2.23. The highest BCUT2D eigenvalue weighted by Gasteiger charge is 2.34. The number of halogens is 2. The van der Waals surface area contributed by atoms with E-state index in [1.807, 2.05) is 0 Å². The van der Waals surface area contributed by atoms with Crippen molar-refractivity contribution >= 4 is 33.8 Å². The fourth-order valence-electron chi connectivity index (χ4n) is 1.73. The number of benzene rings is 1. The lowest BCUT2D eigenvalue weighted by atomic mass is 10.2. The average Bonchev–Trinajstić information content (AvgIpc) is 2.37. The van der Waals surface area contributed by atoms with Crippen LogP contribution >= 0.6 is 15.9 Å². The smallest absolute Gasteiger partial charge is 0.424 e. The minimum atomic E-state index is -0.948. The van der Waals surface area contributed by atoms with E-state index >= 15 is 0 Å². The van der Waals surface area contributed by atoms with Gasteiger partial charge in [-0.15, -0.1) is 0 Å². The summed E-state index contributed by atoms with van der Waals surface area (Å²) in [5.74, 6) is -0.776. The average molecular weight is 420 g/mol. The number of nitrogens with zero attached hydrogens (tertiary/aromatic N) is 1. The number of imide groups is 1. The van der Waals surface area contributed by atoms with Crippen molar-refractivity contribution in [2.75, 3.05) is 12.0 Å². The van der Waals surface area contributed by atoms with E-state index in [9.17, 15) is 14.0 Å². The van der Waals surface area contributed by atoms with Crippen molar-refractivity contribution in [3.8, 4) is 5.75 Å². The van der Waals surface area contributed by atoms with Gasteiger partial charge in [0.25, 0.3) is 0 Å². The summed E-state index contributed by atoms with van der Waals surface area (Å²) in [6, 6.07) is 2.31. The maximum Gasteiger partial charge on any atom is 0.424 e. The second kappa shape index (κ2) is 7.59. The molecule has 0 bridgehead atoms. The molecule has 0 radical (unpaired) electrons. The topological polar surface area (TPSA) is 65.1 Å². The van der Waals surface area contributed by atoms with E-state index in [4.69, 9.17) is 14.2 Å². The van der Waals surface area contributed by atoms with Gasteiger partial charge in [0.05, 0.1) is 12.8 Å². The first-order valence-corrected chi connectivity index (χ1v) is 8.33. The van der Waals surface area contributed by atoms with E-state index in [-0.39, 0.29) is 15.9 Å². The lowest BCUT2D eigenvalue weighted by molar-refractivity contribution is 0.0430. The summed E-state index contributed by atoms with van der Waals surface area (Å²) in [6.45, 7) is 9.99. The van der Waals surface area contributed by atoms with Crippen molar-refractivity contribution in [2.45, 2.75) is 52.7 Å². The summed E-state index contributed by atoms with van der Waals surface area (Å²) in [4.78, 5) is 25.8. The van der Waals surface area contributed by atoms with Crippen LogP contribution in [0.25, 0.3) is 0 Å². The molecule has 0 saturated heterocycles. The number of hydrogen-bond acceptors (Lipinski definition) is 5. The van der Waals surface area contributed by atoms with Gasteiger partial charge in [-0.25, -0.2) is 14.0 Å². The molecule has 6 nitrogen and oxygen atoms in total. The van der Waals surface area contributed by atoms with Gasteiger partial charge in [-0.05, 0) is 63.5 Å². The highest BCUT2D eigenvalue weighted by atomic mass is 79.9. The standard InChI is InChI=1S/C17H23BrFNO5/c1-16(2,3)24-14(21)20(15(22)25-17(4,5)6)12-9-13(23-7)11(19)8-10(12)18/h8-9H,1-7H3. The molecular formula is C17H23BrFNO5. The van der Waals surface area contributed by atoms with Crippen LogP contribution in [0.4, 0.5) is 19.7 Å². The van der Waals surface area contributed by atoms with Crippen LogP contribution in [0, 0.1) is 5.82 Å². The Morgan fingerprint density at radius 2 is 1.44 bits per heavy atom. The van der Waals surface area contributed by atoms with Gasteiger partial charge in [0, 0.05) is 10.5 Å². The molecule has 0 aliphatic rings. The largest absolute Gasteiger partial charge is 0.494 e. The van der Waals surface area contributed by atoms with Gasteiger partial charge < -0.3 is 14.2 Å². The predicted molar refractivity (Wildman–Crippen MR) is 95.6 cm³/mol. The quantitative estimate of drug-likeness (QED) is 0.652. The molecule has 140 valence electrons. The number of hydrogen-bond donors (Lipinski definition) is 0. The van der Waals surface area contributed by atoms with Crippen molar-refractivity contribution in [3.05, 3.63) is 22.4 Å². The zero-order chi connectivity index (χ0) is 19.6. The Kier molecular flexibility index (Phi) is 6.44. The van der Waals surface area contributed by atoms with Crippen molar-refractivity contribution in [2.24, 2.45) is 0 Å². The third kappa shape index (κ3) is 6.19. The van der Waals surface area contributed by atoms with Gasteiger partial charge >= 0.3 is 12.2 Å². The van der Waals surface area contributed by atoms with Crippen LogP contribution in [0.5, 0.6) is 5.75 Å². The van der Waals surface area contributed by atoms with Gasteiger partial charge in [-0.2, -0.15) is 4.90 Å². The first kappa shape index (κ1) is 21.2. The SMILES string of the molecule is COc1cc(N(C(=O)OC(C)(C)C)C(=O)OC(C)(C)C)c(Br)cc1F. The van der Waals surface area contributed by atoms with E-state index in [0.717, 1.165) is 6.07 Å². The molecule has 0 heterocycles. The van der Waals surface area contributed by atoms with Gasteiger partial charge in [0.1, 0.15) is 11.2 Å². The Hall–Kier alpha value is -1.83. The number of carbonyl (C=O) groups excluding carboxylic acids is 2. The van der Waals surface area contributed by atoms with Gasteiger partial charge in [-0.3, -0.25) is 0 Å². The Bertz CT molecular complexity index is 636. The maximum absolute atomic E-state index is 13.8. The van der Waals surface area contributed by atoms with Gasteiger partial charge in [-0.1, -0.05) is 0 Å². The van der Waals surface area contributed by atoms with Crippen LogP contribution in [0.1, 0.15) is 41.5 Å². The Morgan fingerprint density at radius 3 is 1.80 bits per heavy atom. The van der Waals surface area contributed by atoms with Crippen LogP contribution in [0.15, 0.2) is 16.6 Å². The lowest BCUT2D eigenvalue weighted by Crippen LogP contribution is -2.44. The molecule has 2 amide bonds. The minimum absolute atomic E-state index is 0.0433. The van der Waals surface area contributed by atoms with Crippen LogP contribution in [0.2, 0.25) is 0 Å². The molecule has 25 heavy (non-hydrogen) atoms. The number of ether oxygens (including phenoxy) is 3. The molecule has 1 rings (SSSR count). The van der Waals surface area contributed by atoms with E-state index in [1.54, 1.807) is 41.5 Å². The summed E-state index contributed by atoms with van der Waals surface area (Å²) in [6.07, 6.45) is -1.90. The predicted octanol–water partition coefficient (Wildman–Crippen LogP) is 5.27. The van der Waals surface area contributed by atoms with E-state index in [0.29, 0.717) is 4.90 Å². The molecule has 0 unspecified atom stereocenters. The third-order valence-electron chi connectivity index (χ3n) is 2.61. The Morgan fingerprint density at radius 1 is 1.00 bits per heavy atom. The molecule has 1 aromatic rings. The molecule has 0 N–H and O–H groups in total. The zero-order valence-corrected chi connectivity index (χ0v) is 17.0. The summed E-state index contributed by atoms with van der Waals surface area (Å²) in [5.41, 5.74) is -1.64. The van der Waals surface area contributed by atoms with Crippen LogP contribution < -0.4 is 9.64 Å². The first-order chi connectivity index (χ1) is 11.2. The van der Waals surface area contributed by atoms with Crippen molar-refractivity contribution in [1.29, 1.82) is 0 Å². The van der Waals surface area contributed by atoms with Gasteiger partial charge in [0.2, 0.25) is 0 Å². The fraction of sp³-hybridized carbons (Fsp3) is 0.529. The van der Waals surface area contributed by atoms with E-state index in [2.05, 4.69) is 15.9 Å². The van der Waals surface area contributed by atoms with Crippen LogP contribution in [-0.4, -0.2) is 30.5 Å². The number of carbonyl (C=O) groups is 2. The van der Waals surface area contributed by atoms with E-state index in [1.165, 1.54) is 13.2 Å². The van der Waals surface area contributed by atoms with E-state index < -0.39 is 29.2 Å². The molecular weight excluding hydrogens is 397 g/mol. The number of anilines is 1. The first-order valence-electron chi connectivity index (χ1n) is 7.54. The second-order valence-corrected chi connectivity index (χ2v) is 8.09. The number of amides is 2. The Labute approximate surface area is 155 Å². The molecule has 0 aliphatic carbocycles. The van der Waals surface area contributed by atoms with Crippen molar-refractivity contribution in [1.82, 2.24) is 0 Å².